The molecule has 1 amide bonds. The highest BCUT2D eigenvalue weighted by molar-refractivity contribution is 5.99. The summed E-state index contributed by atoms with van der Waals surface area (Å²) in [4.78, 5) is 14.6. The fraction of sp³-hybridized carbons (Fsp3) is 0.389. The summed E-state index contributed by atoms with van der Waals surface area (Å²) in [6, 6.07) is 5.31. The van der Waals surface area contributed by atoms with Gasteiger partial charge in [0.1, 0.15) is 17.9 Å². The van der Waals surface area contributed by atoms with Crippen LogP contribution < -0.4 is 10.1 Å². The number of fused-ring (bicyclic) bond motifs is 1. The molecule has 1 N–H and O–H groups in total. The summed E-state index contributed by atoms with van der Waals surface area (Å²) in [6.07, 6.45) is 3.26. The van der Waals surface area contributed by atoms with Crippen molar-refractivity contribution in [3.8, 4) is 5.75 Å². The zero-order chi connectivity index (χ0) is 16.7. The fourth-order valence-corrected chi connectivity index (χ4v) is 2.41. The van der Waals surface area contributed by atoms with Crippen LogP contribution in [0.1, 0.15) is 24.2 Å². The van der Waals surface area contributed by atoms with Crippen molar-refractivity contribution in [2.75, 3.05) is 32.8 Å². The number of benzene rings is 1. The Balaban J connectivity index is 2.08. The topological polar surface area (TPSA) is 54.7 Å². The number of amides is 1. The number of nitrogens with one attached hydrogen (secondary N) is 1. The lowest BCUT2D eigenvalue weighted by Gasteiger charge is -2.18. The van der Waals surface area contributed by atoms with E-state index in [4.69, 9.17) is 9.15 Å². The zero-order valence-corrected chi connectivity index (χ0v) is 13.8. The summed E-state index contributed by atoms with van der Waals surface area (Å²) in [5.41, 5.74) is 1.17. The van der Waals surface area contributed by atoms with Crippen LogP contribution in [0, 0.1) is 0 Å². The third-order valence-electron chi connectivity index (χ3n) is 3.76. The summed E-state index contributed by atoms with van der Waals surface area (Å²) >= 11 is 0. The van der Waals surface area contributed by atoms with Crippen LogP contribution in [0.2, 0.25) is 0 Å². The monoisotopic (exact) mass is 316 g/mol. The van der Waals surface area contributed by atoms with Crippen molar-refractivity contribution < 1.29 is 13.9 Å². The van der Waals surface area contributed by atoms with Gasteiger partial charge in [0.15, 0.2) is 0 Å². The molecule has 1 aromatic heterocycles. The van der Waals surface area contributed by atoms with Gasteiger partial charge in [-0.15, -0.1) is 0 Å². The van der Waals surface area contributed by atoms with Crippen LogP contribution in [-0.4, -0.2) is 43.6 Å². The summed E-state index contributed by atoms with van der Waals surface area (Å²) in [5, 5.41) is 3.79. The summed E-state index contributed by atoms with van der Waals surface area (Å²) < 4.78 is 11.0. The number of furan rings is 1. The highest BCUT2D eigenvalue weighted by atomic mass is 16.5. The lowest BCUT2D eigenvalue weighted by Crippen LogP contribution is -2.34. The molecule has 2 rings (SSSR count). The van der Waals surface area contributed by atoms with Crippen molar-refractivity contribution in [1.82, 2.24) is 10.2 Å². The number of hydrogen-bond donors (Lipinski definition) is 1. The number of nitrogens with zero attached hydrogens (tertiary/aromatic N) is 1. The molecule has 0 unspecified atom stereocenters. The van der Waals surface area contributed by atoms with E-state index < -0.39 is 0 Å². The summed E-state index contributed by atoms with van der Waals surface area (Å²) in [7, 11) is 0. The van der Waals surface area contributed by atoms with Crippen molar-refractivity contribution in [3.05, 3.63) is 42.7 Å². The Hall–Kier alpha value is -2.27. The second-order valence-electron chi connectivity index (χ2n) is 5.19. The molecular formula is C18H24N2O3. The molecule has 1 heterocycles. The van der Waals surface area contributed by atoms with E-state index in [1.807, 2.05) is 6.07 Å². The first-order valence-electron chi connectivity index (χ1n) is 7.95. The van der Waals surface area contributed by atoms with Gasteiger partial charge in [-0.1, -0.05) is 26.5 Å². The summed E-state index contributed by atoms with van der Waals surface area (Å²) in [5.74, 6) is 0.504. The quantitative estimate of drug-likeness (QED) is 0.722. The average molecular weight is 316 g/mol. The first kappa shape index (κ1) is 17.1. The fourth-order valence-electron chi connectivity index (χ4n) is 2.41. The number of likely N-dealkylation sites (N-methyl/N-ethyl adjacent to an activating group) is 1. The van der Waals surface area contributed by atoms with Gasteiger partial charge in [0.25, 0.3) is 5.91 Å². The molecule has 1 aromatic carbocycles. The predicted octanol–water partition coefficient (Wildman–Crippen LogP) is 3.07. The zero-order valence-electron chi connectivity index (χ0n) is 13.8. The van der Waals surface area contributed by atoms with Crippen LogP contribution in [0.5, 0.6) is 5.75 Å². The van der Waals surface area contributed by atoms with E-state index in [2.05, 4.69) is 30.6 Å². The molecule has 5 heteroatoms. The van der Waals surface area contributed by atoms with E-state index in [0.717, 1.165) is 25.0 Å². The Morgan fingerprint density at radius 1 is 1.39 bits per heavy atom. The second kappa shape index (κ2) is 8.39. The minimum atomic E-state index is -0.126. The Labute approximate surface area is 136 Å². The van der Waals surface area contributed by atoms with Gasteiger partial charge >= 0.3 is 0 Å². The van der Waals surface area contributed by atoms with Crippen LogP contribution in [0.25, 0.3) is 11.0 Å². The molecule has 124 valence electrons. The van der Waals surface area contributed by atoms with Gasteiger partial charge in [0.2, 0.25) is 0 Å². The van der Waals surface area contributed by atoms with E-state index in [0.29, 0.717) is 30.0 Å². The molecule has 23 heavy (non-hydrogen) atoms. The molecule has 0 saturated heterocycles. The standard InChI is InChI=1S/C18H24N2O3/c1-4-10-22-16-12-14(13-17-15(16)7-11-23-17)18(21)19-8-9-20(5-2)6-3/h4,7,11-13H,1,5-6,8-10H2,2-3H3,(H,19,21). The number of hydrogen-bond acceptors (Lipinski definition) is 4. The normalized spacial score (nSPS) is 10.9. The molecule has 2 aromatic rings. The molecule has 0 aliphatic carbocycles. The smallest absolute Gasteiger partial charge is 0.251 e. The molecule has 0 aliphatic rings. The SMILES string of the molecule is C=CCOc1cc(C(=O)NCCN(CC)CC)cc2occc12. The van der Waals surface area contributed by atoms with E-state index in [1.54, 1.807) is 24.5 Å². The van der Waals surface area contributed by atoms with Crippen molar-refractivity contribution in [1.29, 1.82) is 0 Å². The van der Waals surface area contributed by atoms with Gasteiger partial charge < -0.3 is 19.4 Å². The van der Waals surface area contributed by atoms with Crippen molar-refractivity contribution in [3.63, 3.8) is 0 Å². The molecule has 0 radical (unpaired) electrons. The minimum Gasteiger partial charge on any atom is -0.489 e. The van der Waals surface area contributed by atoms with E-state index in [9.17, 15) is 4.79 Å². The largest absolute Gasteiger partial charge is 0.489 e. The molecule has 0 fully saturated rings. The van der Waals surface area contributed by atoms with E-state index >= 15 is 0 Å². The first-order chi connectivity index (χ1) is 11.2. The van der Waals surface area contributed by atoms with Gasteiger partial charge in [-0.2, -0.15) is 0 Å². The number of ether oxygens (including phenoxy) is 1. The van der Waals surface area contributed by atoms with Crippen molar-refractivity contribution >= 4 is 16.9 Å². The molecule has 0 bridgehead atoms. The number of rotatable bonds is 9. The maximum absolute atomic E-state index is 12.3. The summed E-state index contributed by atoms with van der Waals surface area (Å²) in [6.45, 7) is 11.6. The molecule has 5 nitrogen and oxygen atoms in total. The van der Waals surface area contributed by atoms with Gasteiger partial charge in [0.05, 0.1) is 11.6 Å². The van der Waals surface area contributed by atoms with Gasteiger partial charge in [-0.25, -0.2) is 0 Å². The molecule has 0 spiro atoms. The minimum absolute atomic E-state index is 0.126. The maximum atomic E-state index is 12.3. The van der Waals surface area contributed by atoms with Crippen LogP contribution in [0.15, 0.2) is 41.5 Å². The lowest BCUT2D eigenvalue weighted by molar-refractivity contribution is 0.0948. The van der Waals surface area contributed by atoms with Crippen molar-refractivity contribution in [2.45, 2.75) is 13.8 Å². The van der Waals surface area contributed by atoms with E-state index in [1.165, 1.54) is 0 Å². The predicted molar refractivity (Wildman–Crippen MR) is 92.0 cm³/mol. The highest BCUT2D eigenvalue weighted by Crippen LogP contribution is 2.28. The number of carbonyl (C=O) groups excluding carboxylic acids is 1. The molecular weight excluding hydrogens is 292 g/mol. The van der Waals surface area contributed by atoms with Gasteiger partial charge in [0, 0.05) is 18.7 Å². The van der Waals surface area contributed by atoms with Crippen LogP contribution in [0.3, 0.4) is 0 Å². The van der Waals surface area contributed by atoms with Crippen LogP contribution >= 0.6 is 0 Å². The second-order valence-corrected chi connectivity index (χ2v) is 5.19. The first-order valence-corrected chi connectivity index (χ1v) is 7.95. The molecule has 0 atom stereocenters. The van der Waals surface area contributed by atoms with Crippen molar-refractivity contribution in [2.24, 2.45) is 0 Å². The Bertz CT molecular complexity index is 659. The highest BCUT2D eigenvalue weighted by Gasteiger charge is 2.13. The van der Waals surface area contributed by atoms with Gasteiger partial charge in [-0.05, 0) is 31.3 Å². The lowest BCUT2D eigenvalue weighted by atomic mass is 10.1. The molecule has 0 saturated carbocycles. The number of carbonyl (C=O) groups is 1. The maximum Gasteiger partial charge on any atom is 0.251 e. The third-order valence-corrected chi connectivity index (χ3v) is 3.76. The molecule has 0 aliphatic heterocycles. The van der Waals surface area contributed by atoms with Gasteiger partial charge in [-0.3, -0.25) is 4.79 Å². The third kappa shape index (κ3) is 4.36. The Morgan fingerprint density at radius 3 is 2.87 bits per heavy atom. The Morgan fingerprint density at radius 2 is 2.17 bits per heavy atom. The van der Waals surface area contributed by atoms with E-state index in [-0.39, 0.29) is 5.91 Å². The van der Waals surface area contributed by atoms with Crippen LogP contribution in [-0.2, 0) is 0 Å². The average Bonchev–Trinajstić information content (AvgIpc) is 3.05. The Kier molecular flexibility index (Phi) is 6.23. The van der Waals surface area contributed by atoms with Crippen LogP contribution in [0.4, 0.5) is 0 Å².